The third-order valence-corrected chi connectivity index (χ3v) is 7.32. The standard InChI is InChI=1S/C25H32BrN3O6S/c1-17(2)27-25(31)18(3)28(15-19-7-5-8-20(26)13-19)24(30)9-6-12-29(36(4,32)33)21-10-11-22-23(14-21)35-16-34-22/h5,7-8,10-11,13-14,17-18H,6,9,12,15-16H2,1-4H3,(H,27,31)/t18-/m0/s1. The smallest absolute Gasteiger partial charge is 0.242 e. The Morgan fingerprint density at radius 1 is 1.08 bits per heavy atom. The normalized spacial score (nSPS) is 13.4. The van der Waals surface area contributed by atoms with Crippen LogP contribution in [-0.4, -0.2) is 56.8 Å². The van der Waals surface area contributed by atoms with Gasteiger partial charge in [-0.15, -0.1) is 0 Å². The molecule has 0 unspecified atom stereocenters. The Hall–Kier alpha value is -2.79. The van der Waals surface area contributed by atoms with E-state index in [-0.39, 0.29) is 50.6 Å². The molecular weight excluding hydrogens is 550 g/mol. The molecule has 2 amide bonds. The van der Waals surface area contributed by atoms with Gasteiger partial charge in [0.1, 0.15) is 6.04 Å². The Morgan fingerprint density at radius 3 is 2.47 bits per heavy atom. The second-order valence-electron chi connectivity index (χ2n) is 8.97. The Balaban J connectivity index is 1.73. The van der Waals surface area contributed by atoms with Crippen LogP contribution in [0.3, 0.4) is 0 Å². The van der Waals surface area contributed by atoms with Gasteiger partial charge in [0, 0.05) is 36.1 Å². The number of anilines is 1. The second-order valence-corrected chi connectivity index (χ2v) is 11.8. The first-order chi connectivity index (χ1) is 17.0. The highest BCUT2D eigenvalue weighted by molar-refractivity contribution is 9.10. The van der Waals surface area contributed by atoms with Crippen LogP contribution in [0.4, 0.5) is 5.69 Å². The van der Waals surface area contributed by atoms with Crippen LogP contribution in [0.25, 0.3) is 0 Å². The van der Waals surface area contributed by atoms with Gasteiger partial charge in [-0.25, -0.2) is 8.42 Å². The number of carbonyl (C=O) groups excluding carboxylic acids is 2. The number of hydrogen-bond donors (Lipinski definition) is 1. The average molecular weight is 583 g/mol. The SMILES string of the molecule is CC(C)NC(=O)[C@H](C)N(Cc1cccc(Br)c1)C(=O)CCCN(c1ccc2c(c1)OCO2)S(C)(=O)=O. The summed E-state index contributed by atoms with van der Waals surface area (Å²) in [5.41, 5.74) is 1.31. The van der Waals surface area contributed by atoms with Crippen molar-refractivity contribution in [2.75, 3.05) is 23.9 Å². The second kappa shape index (κ2) is 12.0. The Morgan fingerprint density at radius 2 is 1.81 bits per heavy atom. The van der Waals surface area contributed by atoms with Crippen LogP contribution in [0.5, 0.6) is 11.5 Å². The van der Waals surface area contributed by atoms with E-state index in [4.69, 9.17) is 9.47 Å². The molecule has 1 aliphatic heterocycles. The van der Waals surface area contributed by atoms with E-state index in [1.807, 2.05) is 38.1 Å². The third-order valence-electron chi connectivity index (χ3n) is 5.64. The summed E-state index contributed by atoms with van der Waals surface area (Å²) < 4.78 is 37.8. The zero-order valence-electron chi connectivity index (χ0n) is 20.9. The van der Waals surface area contributed by atoms with Gasteiger partial charge in [0.25, 0.3) is 0 Å². The molecule has 11 heteroatoms. The molecule has 0 aliphatic carbocycles. The molecule has 1 atom stereocenters. The Kier molecular flexibility index (Phi) is 9.24. The summed E-state index contributed by atoms with van der Waals surface area (Å²) >= 11 is 3.44. The summed E-state index contributed by atoms with van der Waals surface area (Å²) in [4.78, 5) is 27.6. The molecule has 2 aromatic carbocycles. The van der Waals surface area contributed by atoms with E-state index in [1.165, 1.54) is 9.21 Å². The molecule has 1 N–H and O–H groups in total. The van der Waals surface area contributed by atoms with Crippen molar-refractivity contribution in [3.63, 3.8) is 0 Å². The van der Waals surface area contributed by atoms with E-state index in [1.54, 1.807) is 25.1 Å². The molecule has 196 valence electrons. The van der Waals surface area contributed by atoms with Gasteiger partial charge in [0.15, 0.2) is 11.5 Å². The number of ether oxygens (including phenoxy) is 2. The van der Waals surface area contributed by atoms with E-state index < -0.39 is 16.1 Å². The number of fused-ring (bicyclic) bond motifs is 1. The predicted octanol–water partition coefficient (Wildman–Crippen LogP) is 3.67. The summed E-state index contributed by atoms with van der Waals surface area (Å²) in [7, 11) is -3.61. The highest BCUT2D eigenvalue weighted by atomic mass is 79.9. The van der Waals surface area contributed by atoms with Crippen molar-refractivity contribution in [1.82, 2.24) is 10.2 Å². The zero-order valence-corrected chi connectivity index (χ0v) is 23.3. The molecule has 0 fully saturated rings. The van der Waals surface area contributed by atoms with Crippen molar-refractivity contribution in [2.45, 2.75) is 52.2 Å². The van der Waals surface area contributed by atoms with Crippen LogP contribution in [0.2, 0.25) is 0 Å². The fourth-order valence-corrected chi connectivity index (χ4v) is 5.27. The lowest BCUT2D eigenvalue weighted by Crippen LogP contribution is -2.49. The maximum atomic E-state index is 13.3. The summed E-state index contributed by atoms with van der Waals surface area (Å²) in [5, 5.41) is 2.86. The van der Waals surface area contributed by atoms with Gasteiger partial charge in [-0.1, -0.05) is 28.1 Å². The van der Waals surface area contributed by atoms with Gasteiger partial charge in [0.2, 0.25) is 28.6 Å². The Bertz CT molecular complexity index is 1200. The number of nitrogens with one attached hydrogen (secondary N) is 1. The molecule has 1 heterocycles. The van der Waals surface area contributed by atoms with E-state index in [0.29, 0.717) is 17.2 Å². The van der Waals surface area contributed by atoms with Crippen LogP contribution >= 0.6 is 15.9 Å². The van der Waals surface area contributed by atoms with Gasteiger partial charge in [-0.05, 0) is 57.0 Å². The predicted molar refractivity (Wildman–Crippen MR) is 141 cm³/mol. The fourth-order valence-electron chi connectivity index (χ4n) is 3.86. The maximum absolute atomic E-state index is 13.3. The van der Waals surface area contributed by atoms with Gasteiger partial charge in [0.05, 0.1) is 11.9 Å². The quantitative estimate of drug-likeness (QED) is 0.434. The number of rotatable bonds is 11. The van der Waals surface area contributed by atoms with E-state index >= 15 is 0 Å². The topological polar surface area (TPSA) is 105 Å². The monoisotopic (exact) mass is 581 g/mol. The number of benzene rings is 2. The van der Waals surface area contributed by atoms with Crippen LogP contribution in [0.15, 0.2) is 46.9 Å². The lowest BCUT2D eigenvalue weighted by Gasteiger charge is -2.30. The maximum Gasteiger partial charge on any atom is 0.242 e. The lowest BCUT2D eigenvalue weighted by atomic mass is 10.1. The minimum atomic E-state index is -3.61. The van der Waals surface area contributed by atoms with Gasteiger partial charge in [-0.2, -0.15) is 0 Å². The van der Waals surface area contributed by atoms with Crippen molar-refractivity contribution < 1.29 is 27.5 Å². The minimum Gasteiger partial charge on any atom is -0.454 e. The van der Waals surface area contributed by atoms with E-state index in [2.05, 4.69) is 21.2 Å². The van der Waals surface area contributed by atoms with Crippen molar-refractivity contribution in [1.29, 1.82) is 0 Å². The van der Waals surface area contributed by atoms with Gasteiger partial charge < -0.3 is 19.7 Å². The first-order valence-corrected chi connectivity index (χ1v) is 14.3. The van der Waals surface area contributed by atoms with E-state index in [0.717, 1.165) is 16.3 Å². The molecule has 36 heavy (non-hydrogen) atoms. The number of hydrogen-bond acceptors (Lipinski definition) is 6. The van der Waals surface area contributed by atoms with E-state index in [9.17, 15) is 18.0 Å². The number of sulfonamides is 1. The fraction of sp³-hybridized carbons (Fsp3) is 0.440. The molecule has 9 nitrogen and oxygen atoms in total. The molecule has 0 aromatic heterocycles. The van der Waals surface area contributed by atoms with Crippen LogP contribution in [0.1, 0.15) is 39.2 Å². The van der Waals surface area contributed by atoms with Gasteiger partial charge >= 0.3 is 0 Å². The molecule has 0 saturated carbocycles. The van der Waals surface area contributed by atoms with Crippen molar-refractivity contribution in [3.8, 4) is 11.5 Å². The van der Waals surface area contributed by atoms with Gasteiger partial charge in [-0.3, -0.25) is 13.9 Å². The number of nitrogens with zero attached hydrogens (tertiary/aromatic N) is 2. The molecule has 0 spiro atoms. The average Bonchev–Trinajstić information content (AvgIpc) is 3.26. The molecule has 0 bridgehead atoms. The number of halogens is 1. The van der Waals surface area contributed by atoms with Crippen LogP contribution in [-0.2, 0) is 26.2 Å². The molecule has 2 aromatic rings. The molecule has 1 aliphatic rings. The minimum absolute atomic E-state index is 0.0622. The van der Waals surface area contributed by atoms with Crippen LogP contribution < -0.4 is 19.1 Å². The summed E-state index contributed by atoms with van der Waals surface area (Å²) in [6.07, 6.45) is 1.47. The Labute approximate surface area is 220 Å². The van der Waals surface area contributed by atoms with Crippen LogP contribution in [0, 0.1) is 0 Å². The van der Waals surface area contributed by atoms with Crippen molar-refractivity contribution in [3.05, 3.63) is 52.5 Å². The van der Waals surface area contributed by atoms with Crippen molar-refractivity contribution >= 4 is 43.5 Å². The summed E-state index contributed by atoms with van der Waals surface area (Å²) in [5.74, 6) is 0.550. The summed E-state index contributed by atoms with van der Waals surface area (Å²) in [6, 6.07) is 11.7. The third kappa shape index (κ3) is 7.36. The number of amides is 2. The molecule has 3 rings (SSSR count). The number of carbonyl (C=O) groups is 2. The molecular formula is C25H32BrN3O6S. The highest BCUT2D eigenvalue weighted by Crippen LogP contribution is 2.36. The molecule has 0 radical (unpaired) electrons. The molecule has 0 saturated heterocycles. The van der Waals surface area contributed by atoms with Crippen molar-refractivity contribution in [2.24, 2.45) is 0 Å². The largest absolute Gasteiger partial charge is 0.454 e. The summed E-state index contributed by atoms with van der Waals surface area (Å²) in [6.45, 7) is 5.86. The zero-order chi connectivity index (χ0) is 26.5. The highest BCUT2D eigenvalue weighted by Gasteiger charge is 2.27. The first-order valence-electron chi connectivity index (χ1n) is 11.7. The first kappa shape index (κ1) is 27.8. The lowest BCUT2D eigenvalue weighted by molar-refractivity contribution is -0.140.